The number of benzene rings is 1. The van der Waals surface area contributed by atoms with Crippen LogP contribution in [0.2, 0.25) is 0 Å². The van der Waals surface area contributed by atoms with Crippen molar-refractivity contribution in [3.05, 3.63) is 23.8 Å². The summed E-state index contributed by atoms with van der Waals surface area (Å²) in [6, 6.07) is 5.03. The summed E-state index contributed by atoms with van der Waals surface area (Å²) in [6.45, 7) is 3.36. The quantitative estimate of drug-likeness (QED) is 0.686. The molecule has 4 N–H and O–H groups in total. The zero-order chi connectivity index (χ0) is 13.3. The molecule has 2 atom stereocenters. The van der Waals surface area contributed by atoms with Gasteiger partial charge in [0.2, 0.25) is 0 Å². The number of nitrogen functional groups attached to an aromatic ring is 1. The fraction of sp³-hybridized carbons (Fsp3) is 0.462. The summed E-state index contributed by atoms with van der Waals surface area (Å²) in [5.74, 6) is -0.855. The smallest absolute Gasteiger partial charge is 0.337 e. The highest BCUT2D eigenvalue weighted by Gasteiger charge is 2.26. The van der Waals surface area contributed by atoms with E-state index in [-0.39, 0.29) is 17.6 Å². The third-order valence-corrected chi connectivity index (χ3v) is 3.51. The van der Waals surface area contributed by atoms with E-state index in [0.717, 1.165) is 5.69 Å². The van der Waals surface area contributed by atoms with Gasteiger partial charge in [-0.15, -0.1) is 0 Å². The first-order valence-electron chi connectivity index (χ1n) is 6.05. The second-order valence-electron chi connectivity index (χ2n) is 4.82. The Hall–Kier alpha value is -1.75. The van der Waals surface area contributed by atoms with Gasteiger partial charge in [0, 0.05) is 13.1 Å². The minimum Gasteiger partial charge on any atom is -0.478 e. The first-order valence-corrected chi connectivity index (χ1v) is 6.05. The van der Waals surface area contributed by atoms with E-state index in [2.05, 4.69) is 0 Å². The standard InChI is InChI=1S/C13H18N2O3/c1-8-7-15(6-5-11(8)16)10-4-2-3-9(12(10)14)13(17)18/h2-4,8,11,16H,5-7,14H2,1H3,(H,17,18). The average Bonchev–Trinajstić information content (AvgIpc) is 2.33. The van der Waals surface area contributed by atoms with Gasteiger partial charge in [-0.25, -0.2) is 4.79 Å². The second kappa shape index (κ2) is 4.86. The van der Waals surface area contributed by atoms with Gasteiger partial charge >= 0.3 is 5.97 Å². The minimum atomic E-state index is -1.01. The molecule has 1 aromatic carbocycles. The Balaban J connectivity index is 2.29. The van der Waals surface area contributed by atoms with Gasteiger partial charge in [-0.1, -0.05) is 13.0 Å². The van der Waals surface area contributed by atoms with Gasteiger partial charge < -0.3 is 20.8 Å². The number of piperidine rings is 1. The fourth-order valence-corrected chi connectivity index (χ4v) is 2.37. The van der Waals surface area contributed by atoms with Gasteiger partial charge in [-0.2, -0.15) is 0 Å². The molecule has 1 aliphatic rings. The van der Waals surface area contributed by atoms with Gasteiger partial charge in [0.05, 0.1) is 23.0 Å². The van der Waals surface area contributed by atoms with Crippen LogP contribution in [0.3, 0.4) is 0 Å². The van der Waals surface area contributed by atoms with Gasteiger partial charge in [-0.3, -0.25) is 0 Å². The maximum absolute atomic E-state index is 11.0. The molecule has 5 nitrogen and oxygen atoms in total. The summed E-state index contributed by atoms with van der Waals surface area (Å²) >= 11 is 0. The van der Waals surface area contributed by atoms with Gasteiger partial charge in [-0.05, 0) is 24.5 Å². The van der Waals surface area contributed by atoms with Crippen LogP contribution < -0.4 is 10.6 Å². The predicted molar refractivity (Wildman–Crippen MR) is 69.8 cm³/mol. The lowest BCUT2D eigenvalue weighted by Gasteiger charge is -2.36. The first kappa shape index (κ1) is 12.7. The van der Waals surface area contributed by atoms with E-state index in [0.29, 0.717) is 25.2 Å². The number of carbonyl (C=O) groups is 1. The van der Waals surface area contributed by atoms with Crippen molar-refractivity contribution in [2.45, 2.75) is 19.4 Å². The van der Waals surface area contributed by atoms with E-state index in [9.17, 15) is 9.90 Å². The summed E-state index contributed by atoms with van der Waals surface area (Å²) in [5, 5.41) is 18.7. The molecule has 0 spiro atoms. The number of rotatable bonds is 2. The molecule has 18 heavy (non-hydrogen) atoms. The molecule has 2 rings (SSSR count). The number of carboxylic acids is 1. The zero-order valence-corrected chi connectivity index (χ0v) is 10.3. The van der Waals surface area contributed by atoms with E-state index in [1.807, 2.05) is 17.9 Å². The molecule has 98 valence electrons. The summed E-state index contributed by atoms with van der Waals surface area (Å²) in [5.41, 5.74) is 7.08. The summed E-state index contributed by atoms with van der Waals surface area (Å²) < 4.78 is 0. The number of hydrogen-bond acceptors (Lipinski definition) is 4. The normalized spacial score (nSPS) is 24.0. The Morgan fingerprint density at radius 2 is 2.22 bits per heavy atom. The van der Waals surface area contributed by atoms with Gasteiger partial charge in [0.15, 0.2) is 0 Å². The number of para-hydroxylation sites is 1. The molecular formula is C13H18N2O3. The third-order valence-electron chi connectivity index (χ3n) is 3.51. The van der Waals surface area contributed by atoms with Crippen LogP contribution in [0.25, 0.3) is 0 Å². The van der Waals surface area contributed by atoms with Crippen LogP contribution in [-0.2, 0) is 0 Å². The summed E-state index contributed by atoms with van der Waals surface area (Å²) in [6.07, 6.45) is 0.392. The lowest BCUT2D eigenvalue weighted by molar-refractivity contribution is 0.0698. The van der Waals surface area contributed by atoms with Crippen molar-refractivity contribution in [3.63, 3.8) is 0 Å². The monoisotopic (exact) mass is 250 g/mol. The Morgan fingerprint density at radius 3 is 2.83 bits per heavy atom. The Morgan fingerprint density at radius 1 is 1.50 bits per heavy atom. The van der Waals surface area contributed by atoms with Crippen LogP contribution in [0.15, 0.2) is 18.2 Å². The highest BCUT2D eigenvalue weighted by molar-refractivity contribution is 5.97. The molecule has 0 saturated carbocycles. The van der Waals surface area contributed by atoms with E-state index in [4.69, 9.17) is 10.8 Å². The van der Waals surface area contributed by atoms with Crippen molar-refractivity contribution >= 4 is 17.3 Å². The van der Waals surface area contributed by atoms with E-state index < -0.39 is 5.97 Å². The number of aromatic carboxylic acids is 1. The van der Waals surface area contributed by atoms with Crippen LogP contribution in [0.1, 0.15) is 23.7 Å². The highest BCUT2D eigenvalue weighted by atomic mass is 16.4. The number of carboxylic acid groups (broad SMARTS) is 1. The lowest BCUT2D eigenvalue weighted by Crippen LogP contribution is -2.42. The molecule has 0 bridgehead atoms. The van der Waals surface area contributed by atoms with Crippen LogP contribution >= 0.6 is 0 Å². The van der Waals surface area contributed by atoms with Crippen LogP contribution in [0.5, 0.6) is 0 Å². The van der Waals surface area contributed by atoms with Crippen molar-refractivity contribution in [2.75, 3.05) is 23.7 Å². The molecule has 5 heteroatoms. The summed E-state index contributed by atoms with van der Waals surface area (Å²) in [4.78, 5) is 13.1. The number of aliphatic hydroxyl groups is 1. The van der Waals surface area contributed by atoms with Crippen LogP contribution in [0, 0.1) is 5.92 Å². The molecule has 1 fully saturated rings. The molecule has 1 aromatic rings. The number of anilines is 2. The molecule has 1 aliphatic heterocycles. The van der Waals surface area contributed by atoms with Crippen molar-refractivity contribution in [3.8, 4) is 0 Å². The topological polar surface area (TPSA) is 86.8 Å². The number of nitrogens with two attached hydrogens (primary N) is 1. The zero-order valence-electron chi connectivity index (χ0n) is 10.3. The highest BCUT2D eigenvalue weighted by Crippen LogP contribution is 2.30. The predicted octanol–water partition coefficient (Wildman–Crippen LogP) is 1.17. The van der Waals surface area contributed by atoms with Gasteiger partial charge in [0.1, 0.15) is 0 Å². The molecular weight excluding hydrogens is 232 g/mol. The molecule has 1 saturated heterocycles. The van der Waals surface area contributed by atoms with Crippen LogP contribution in [0.4, 0.5) is 11.4 Å². The largest absolute Gasteiger partial charge is 0.478 e. The molecule has 2 unspecified atom stereocenters. The fourth-order valence-electron chi connectivity index (χ4n) is 2.37. The molecule has 0 radical (unpaired) electrons. The summed E-state index contributed by atoms with van der Waals surface area (Å²) in [7, 11) is 0. The van der Waals surface area contributed by atoms with Crippen molar-refractivity contribution in [1.29, 1.82) is 0 Å². The van der Waals surface area contributed by atoms with E-state index in [1.165, 1.54) is 6.07 Å². The van der Waals surface area contributed by atoms with E-state index >= 15 is 0 Å². The van der Waals surface area contributed by atoms with Crippen LogP contribution in [-0.4, -0.2) is 35.4 Å². The molecule has 0 aliphatic carbocycles. The Labute approximate surface area is 106 Å². The van der Waals surface area contributed by atoms with Crippen molar-refractivity contribution in [2.24, 2.45) is 5.92 Å². The Kier molecular flexibility index (Phi) is 3.43. The maximum atomic E-state index is 11.0. The minimum absolute atomic E-state index is 0.131. The van der Waals surface area contributed by atoms with E-state index in [1.54, 1.807) is 6.07 Å². The third kappa shape index (κ3) is 2.26. The first-order chi connectivity index (χ1) is 8.50. The molecule has 0 aromatic heterocycles. The lowest BCUT2D eigenvalue weighted by atomic mass is 9.96. The van der Waals surface area contributed by atoms with Crippen molar-refractivity contribution < 1.29 is 15.0 Å². The second-order valence-corrected chi connectivity index (χ2v) is 4.82. The van der Waals surface area contributed by atoms with Gasteiger partial charge in [0.25, 0.3) is 0 Å². The maximum Gasteiger partial charge on any atom is 0.337 e. The number of nitrogens with zero attached hydrogens (tertiary/aromatic N) is 1. The molecule has 0 amide bonds. The SMILES string of the molecule is CC1CN(c2cccc(C(=O)O)c2N)CCC1O. The van der Waals surface area contributed by atoms with Crippen molar-refractivity contribution in [1.82, 2.24) is 0 Å². The number of aliphatic hydroxyl groups excluding tert-OH is 1. The molecule has 1 heterocycles. The Bertz CT molecular complexity index is 462. The average molecular weight is 250 g/mol. The number of hydrogen-bond donors (Lipinski definition) is 3.